The van der Waals surface area contributed by atoms with Crippen molar-refractivity contribution in [2.45, 2.75) is 12.6 Å². The van der Waals surface area contributed by atoms with Crippen LogP contribution in [0.15, 0.2) is 12.1 Å². The smallest absolute Gasteiger partial charge is 0.390 e. The minimum absolute atomic E-state index is 0.452. The molecule has 0 fully saturated rings. The van der Waals surface area contributed by atoms with Gasteiger partial charge in [-0.25, -0.2) is 9.18 Å². The molecule has 0 spiro atoms. The Bertz CT molecular complexity index is 545. The number of nitro groups is 1. The molecule has 0 aliphatic carbocycles. The van der Waals surface area contributed by atoms with Crippen LogP contribution >= 0.6 is 0 Å². The highest BCUT2D eigenvalue weighted by molar-refractivity contribution is 5.90. The molecule has 0 aromatic heterocycles. The van der Waals surface area contributed by atoms with E-state index >= 15 is 0 Å². The summed E-state index contributed by atoms with van der Waals surface area (Å²) in [6.07, 6.45) is -5.74. The normalized spacial score (nSPS) is 11.2. The monoisotopic (exact) mass is 296 g/mol. The topological polar surface area (TPSA) is 92.5 Å². The molecule has 2 N–H and O–H groups in total. The van der Waals surface area contributed by atoms with Crippen molar-refractivity contribution in [1.82, 2.24) is 0 Å². The first-order valence-corrected chi connectivity index (χ1v) is 5.13. The molecule has 110 valence electrons. The zero-order valence-electron chi connectivity index (χ0n) is 9.70. The van der Waals surface area contributed by atoms with Gasteiger partial charge in [0, 0.05) is 18.7 Å². The lowest BCUT2D eigenvalue weighted by Gasteiger charge is -2.10. The van der Waals surface area contributed by atoms with E-state index in [1.165, 1.54) is 0 Å². The van der Waals surface area contributed by atoms with Crippen LogP contribution in [0.4, 0.5) is 28.9 Å². The van der Waals surface area contributed by atoms with Crippen LogP contribution < -0.4 is 5.32 Å². The van der Waals surface area contributed by atoms with Crippen molar-refractivity contribution < 1.29 is 32.4 Å². The van der Waals surface area contributed by atoms with Gasteiger partial charge in [0.2, 0.25) is 0 Å². The SMILES string of the molecule is O=C(O)c1cc([N+](=O)[O-])c(NCCC(F)(F)F)cc1F. The third-order valence-corrected chi connectivity index (χ3v) is 2.24. The number of nitro benzene ring substituents is 1. The summed E-state index contributed by atoms with van der Waals surface area (Å²) < 4.78 is 49.2. The van der Waals surface area contributed by atoms with E-state index in [4.69, 9.17) is 5.11 Å². The number of benzene rings is 1. The Kier molecular flexibility index (Phi) is 4.48. The summed E-state index contributed by atoms with van der Waals surface area (Å²) in [5, 5.41) is 21.4. The van der Waals surface area contributed by atoms with E-state index in [9.17, 15) is 32.5 Å². The summed E-state index contributed by atoms with van der Waals surface area (Å²) in [6, 6.07) is 0.936. The van der Waals surface area contributed by atoms with Crippen LogP contribution in [0.3, 0.4) is 0 Å². The zero-order valence-corrected chi connectivity index (χ0v) is 9.70. The number of hydrogen-bond acceptors (Lipinski definition) is 4. The Morgan fingerprint density at radius 1 is 1.40 bits per heavy atom. The van der Waals surface area contributed by atoms with E-state index in [2.05, 4.69) is 5.32 Å². The number of rotatable bonds is 5. The van der Waals surface area contributed by atoms with Crippen LogP contribution in [-0.2, 0) is 0 Å². The lowest BCUT2D eigenvalue weighted by molar-refractivity contribution is -0.384. The second kappa shape index (κ2) is 5.72. The molecule has 0 atom stereocenters. The van der Waals surface area contributed by atoms with E-state index in [1.807, 2.05) is 0 Å². The molecule has 0 amide bonds. The third kappa shape index (κ3) is 4.07. The summed E-state index contributed by atoms with van der Waals surface area (Å²) >= 11 is 0. The van der Waals surface area contributed by atoms with Crippen molar-refractivity contribution >= 4 is 17.3 Å². The third-order valence-electron chi connectivity index (χ3n) is 2.24. The maximum atomic E-state index is 13.3. The number of carbonyl (C=O) groups is 1. The minimum atomic E-state index is -4.47. The molecular formula is C10H8F4N2O4. The molecule has 0 bridgehead atoms. The summed E-state index contributed by atoms with van der Waals surface area (Å²) in [5.41, 5.74) is -2.26. The first-order chi connectivity index (χ1) is 9.11. The average molecular weight is 296 g/mol. The molecule has 6 nitrogen and oxygen atoms in total. The van der Waals surface area contributed by atoms with Crippen molar-refractivity contribution in [1.29, 1.82) is 0 Å². The van der Waals surface area contributed by atoms with Crippen LogP contribution in [0.2, 0.25) is 0 Å². The van der Waals surface area contributed by atoms with Gasteiger partial charge in [-0.3, -0.25) is 10.1 Å². The summed E-state index contributed by atoms with van der Waals surface area (Å²) in [4.78, 5) is 20.3. The Balaban J connectivity index is 3.03. The lowest BCUT2D eigenvalue weighted by atomic mass is 10.1. The summed E-state index contributed by atoms with van der Waals surface area (Å²) in [6.45, 7) is -0.698. The molecule has 0 radical (unpaired) electrons. The van der Waals surface area contributed by atoms with Gasteiger partial charge in [0.25, 0.3) is 5.69 Å². The molecule has 0 aliphatic rings. The van der Waals surface area contributed by atoms with Crippen molar-refractivity contribution in [3.63, 3.8) is 0 Å². The highest BCUT2D eigenvalue weighted by atomic mass is 19.4. The molecule has 1 aromatic rings. The molecule has 1 rings (SSSR count). The fourth-order valence-electron chi connectivity index (χ4n) is 1.36. The molecule has 10 heteroatoms. The molecule has 0 unspecified atom stereocenters. The van der Waals surface area contributed by atoms with Crippen LogP contribution in [0.1, 0.15) is 16.8 Å². The van der Waals surface area contributed by atoms with Crippen molar-refractivity contribution in [2.24, 2.45) is 0 Å². The second-order valence-corrected chi connectivity index (χ2v) is 3.70. The van der Waals surface area contributed by atoms with Gasteiger partial charge in [0.05, 0.1) is 11.3 Å². The number of carboxylic acid groups (broad SMARTS) is 1. The number of nitrogens with zero attached hydrogens (tertiary/aromatic N) is 1. The van der Waals surface area contributed by atoms with E-state index in [0.29, 0.717) is 12.1 Å². The second-order valence-electron chi connectivity index (χ2n) is 3.70. The number of aromatic carboxylic acids is 1. The van der Waals surface area contributed by atoms with Crippen LogP contribution in [0.5, 0.6) is 0 Å². The number of anilines is 1. The zero-order chi connectivity index (χ0) is 15.5. The molecule has 1 aromatic carbocycles. The highest BCUT2D eigenvalue weighted by Crippen LogP contribution is 2.28. The molecule has 20 heavy (non-hydrogen) atoms. The molecule has 0 aliphatic heterocycles. The van der Waals surface area contributed by atoms with Gasteiger partial charge in [-0.2, -0.15) is 13.2 Å². The van der Waals surface area contributed by atoms with Gasteiger partial charge in [-0.1, -0.05) is 0 Å². The van der Waals surface area contributed by atoms with E-state index in [1.54, 1.807) is 0 Å². The predicted molar refractivity (Wildman–Crippen MR) is 59.2 cm³/mol. The van der Waals surface area contributed by atoms with Gasteiger partial charge in [0.1, 0.15) is 17.1 Å². The highest BCUT2D eigenvalue weighted by Gasteiger charge is 2.27. The first-order valence-electron chi connectivity index (χ1n) is 5.13. The number of hydrogen-bond donors (Lipinski definition) is 2. The van der Waals surface area contributed by atoms with E-state index < -0.39 is 52.8 Å². The Morgan fingerprint density at radius 3 is 2.45 bits per heavy atom. The van der Waals surface area contributed by atoms with Crippen LogP contribution in [0.25, 0.3) is 0 Å². The quantitative estimate of drug-likeness (QED) is 0.495. The van der Waals surface area contributed by atoms with Gasteiger partial charge >= 0.3 is 12.1 Å². The van der Waals surface area contributed by atoms with Gasteiger partial charge < -0.3 is 10.4 Å². The largest absolute Gasteiger partial charge is 0.478 e. The van der Waals surface area contributed by atoms with Gasteiger partial charge in [-0.05, 0) is 0 Å². The molecular weight excluding hydrogens is 288 g/mol. The molecule has 0 saturated carbocycles. The fourth-order valence-corrected chi connectivity index (χ4v) is 1.36. The van der Waals surface area contributed by atoms with E-state index in [0.717, 1.165) is 0 Å². The maximum absolute atomic E-state index is 13.3. The van der Waals surface area contributed by atoms with E-state index in [-0.39, 0.29) is 0 Å². The fraction of sp³-hybridized carbons (Fsp3) is 0.300. The van der Waals surface area contributed by atoms with Gasteiger partial charge in [0.15, 0.2) is 0 Å². The van der Waals surface area contributed by atoms with Crippen LogP contribution in [0, 0.1) is 15.9 Å². The van der Waals surface area contributed by atoms with Crippen molar-refractivity contribution in [3.05, 3.63) is 33.6 Å². The number of alkyl halides is 3. The number of carboxylic acids is 1. The molecule has 0 saturated heterocycles. The van der Waals surface area contributed by atoms with Crippen LogP contribution in [-0.4, -0.2) is 28.7 Å². The summed E-state index contributed by atoms with van der Waals surface area (Å²) in [7, 11) is 0. The molecule has 0 heterocycles. The lowest BCUT2D eigenvalue weighted by Crippen LogP contribution is -2.15. The Hall–Kier alpha value is -2.39. The van der Waals surface area contributed by atoms with Gasteiger partial charge in [-0.15, -0.1) is 0 Å². The Morgan fingerprint density at radius 2 is 2.00 bits per heavy atom. The maximum Gasteiger partial charge on any atom is 0.390 e. The summed E-state index contributed by atoms with van der Waals surface area (Å²) in [5.74, 6) is -3.00. The standard InChI is InChI=1S/C10H8F4N2O4/c11-6-4-7(15-2-1-10(12,13)14)8(16(19)20)3-5(6)9(17)18/h3-4,15H,1-2H2,(H,17,18). The predicted octanol–water partition coefficient (Wildman–Crippen LogP) is 2.80. The Labute approximate surface area is 109 Å². The average Bonchev–Trinajstić information content (AvgIpc) is 2.26. The minimum Gasteiger partial charge on any atom is -0.478 e. The number of halogens is 4. The number of nitrogens with one attached hydrogen (secondary N) is 1. The van der Waals surface area contributed by atoms with Crippen molar-refractivity contribution in [3.8, 4) is 0 Å². The van der Waals surface area contributed by atoms with Crippen molar-refractivity contribution in [2.75, 3.05) is 11.9 Å². The first kappa shape index (κ1) is 15.7.